The molecule has 5 rings (SSSR count). The van der Waals surface area contributed by atoms with Gasteiger partial charge in [-0.25, -0.2) is 0 Å². The third-order valence-corrected chi connectivity index (χ3v) is 7.16. The number of amides is 1. The number of rotatable bonds is 3. The van der Waals surface area contributed by atoms with Crippen molar-refractivity contribution in [1.82, 2.24) is 14.8 Å². The minimum Gasteiger partial charge on any atom is -0.361 e. The Hall–Kier alpha value is -2.88. The zero-order valence-electron chi connectivity index (χ0n) is 16.5. The highest BCUT2D eigenvalue weighted by atomic mass is 35.5. The molecule has 10 heteroatoms. The minimum absolute atomic E-state index is 0.00216. The molecule has 3 aromatic rings. The SMILES string of the molecule is O=C(c1ccc2cc[nH]c2c1)N1CCN(CC2=NS(=O)(=O)c3cc(Cl)ccc3N2)CC1. The van der Waals surface area contributed by atoms with Gasteiger partial charge in [0.25, 0.3) is 15.9 Å². The molecule has 0 aliphatic carbocycles. The molecule has 0 spiro atoms. The van der Waals surface area contributed by atoms with Crippen molar-refractivity contribution < 1.29 is 13.2 Å². The van der Waals surface area contributed by atoms with Crippen molar-refractivity contribution >= 4 is 50.0 Å². The number of fused-ring (bicyclic) bond motifs is 2. The van der Waals surface area contributed by atoms with E-state index in [1.165, 1.54) is 6.07 Å². The van der Waals surface area contributed by atoms with E-state index in [-0.39, 0.29) is 10.8 Å². The lowest BCUT2D eigenvalue weighted by atomic mass is 10.1. The second kappa shape index (κ2) is 7.67. The fourth-order valence-corrected chi connectivity index (χ4v) is 5.34. The van der Waals surface area contributed by atoms with Gasteiger partial charge in [-0.2, -0.15) is 8.42 Å². The summed E-state index contributed by atoms with van der Waals surface area (Å²) in [5, 5.41) is 4.50. The van der Waals surface area contributed by atoms with Crippen molar-refractivity contribution in [1.29, 1.82) is 0 Å². The third kappa shape index (κ3) is 3.91. The Morgan fingerprint density at radius 1 is 1.06 bits per heavy atom. The van der Waals surface area contributed by atoms with Crippen LogP contribution in [0.3, 0.4) is 0 Å². The summed E-state index contributed by atoms with van der Waals surface area (Å²) >= 11 is 5.92. The van der Waals surface area contributed by atoms with E-state index >= 15 is 0 Å². The van der Waals surface area contributed by atoms with Gasteiger partial charge in [-0.05, 0) is 41.8 Å². The molecule has 0 unspecified atom stereocenters. The number of H-pyrrole nitrogens is 1. The van der Waals surface area contributed by atoms with Gasteiger partial charge in [0.1, 0.15) is 10.7 Å². The smallest absolute Gasteiger partial charge is 0.286 e. The van der Waals surface area contributed by atoms with E-state index in [1.807, 2.05) is 35.4 Å². The van der Waals surface area contributed by atoms with Gasteiger partial charge in [0.05, 0.1) is 12.2 Å². The van der Waals surface area contributed by atoms with Crippen molar-refractivity contribution in [2.75, 3.05) is 38.0 Å². The fourth-order valence-electron chi connectivity index (χ4n) is 3.94. The van der Waals surface area contributed by atoms with Crippen LogP contribution in [0, 0.1) is 0 Å². The number of aromatic amines is 1. The molecule has 31 heavy (non-hydrogen) atoms. The molecule has 1 amide bonds. The van der Waals surface area contributed by atoms with Gasteiger partial charge in [-0.3, -0.25) is 9.69 Å². The summed E-state index contributed by atoms with van der Waals surface area (Å²) in [6.45, 7) is 2.74. The lowest BCUT2D eigenvalue weighted by Gasteiger charge is -2.35. The molecule has 8 nitrogen and oxygen atoms in total. The summed E-state index contributed by atoms with van der Waals surface area (Å²) in [6.07, 6.45) is 1.85. The van der Waals surface area contributed by atoms with Gasteiger partial charge in [0.15, 0.2) is 0 Å². The number of hydrogen-bond acceptors (Lipinski definition) is 5. The molecule has 0 radical (unpaired) electrons. The number of carbonyl (C=O) groups excluding carboxylic acids is 1. The summed E-state index contributed by atoms with van der Waals surface area (Å²) < 4.78 is 28.9. The first-order valence-electron chi connectivity index (χ1n) is 9.88. The second-order valence-corrected chi connectivity index (χ2v) is 9.64. The molecule has 3 heterocycles. The molecule has 2 N–H and O–H groups in total. The highest BCUT2D eigenvalue weighted by Crippen LogP contribution is 2.30. The van der Waals surface area contributed by atoms with Crippen LogP contribution in [0.4, 0.5) is 5.69 Å². The molecule has 0 atom stereocenters. The number of nitrogens with one attached hydrogen (secondary N) is 2. The predicted molar refractivity (Wildman–Crippen MR) is 120 cm³/mol. The number of amidine groups is 1. The quantitative estimate of drug-likeness (QED) is 0.630. The number of benzene rings is 2. The molecule has 1 fully saturated rings. The van der Waals surface area contributed by atoms with Crippen molar-refractivity contribution in [3.63, 3.8) is 0 Å². The second-order valence-electron chi connectivity index (χ2n) is 7.63. The highest BCUT2D eigenvalue weighted by molar-refractivity contribution is 7.90. The van der Waals surface area contributed by atoms with Crippen LogP contribution >= 0.6 is 11.6 Å². The van der Waals surface area contributed by atoms with Crippen LogP contribution in [-0.4, -0.2) is 67.7 Å². The maximum atomic E-state index is 12.9. The molecule has 2 aromatic carbocycles. The largest absolute Gasteiger partial charge is 0.361 e. The molecule has 160 valence electrons. The average Bonchev–Trinajstić information content (AvgIpc) is 3.22. The maximum absolute atomic E-state index is 12.9. The van der Waals surface area contributed by atoms with Crippen LogP contribution in [-0.2, 0) is 10.0 Å². The Morgan fingerprint density at radius 2 is 1.87 bits per heavy atom. The zero-order chi connectivity index (χ0) is 21.6. The van der Waals surface area contributed by atoms with E-state index in [9.17, 15) is 13.2 Å². The first kappa shape index (κ1) is 20.0. The summed E-state index contributed by atoms with van der Waals surface area (Å²) in [7, 11) is -3.79. The number of sulfonamides is 1. The number of aromatic nitrogens is 1. The Kier molecular flexibility index (Phi) is 4.96. The average molecular weight is 458 g/mol. The molecule has 2 aliphatic heterocycles. The van der Waals surface area contributed by atoms with E-state index < -0.39 is 10.0 Å². The third-order valence-electron chi connectivity index (χ3n) is 5.57. The van der Waals surface area contributed by atoms with Crippen LogP contribution in [0.2, 0.25) is 5.02 Å². The van der Waals surface area contributed by atoms with Crippen LogP contribution in [0.5, 0.6) is 0 Å². The van der Waals surface area contributed by atoms with Crippen molar-refractivity contribution in [3.05, 3.63) is 59.2 Å². The van der Waals surface area contributed by atoms with Crippen molar-refractivity contribution in [2.24, 2.45) is 4.40 Å². The van der Waals surface area contributed by atoms with Gasteiger partial charge in [-0.1, -0.05) is 17.7 Å². The number of halogens is 1. The zero-order valence-corrected chi connectivity index (χ0v) is 18.1. The lowest BCUT2D eigenvalue weighted by Crippen LogP contribution is -2.50. The van der Waals surface area contributed by atoms with Gasteiger partial charge in [-0.15, -0.1) is 4.40 Å². The van der Waals surface area contributed by atoms with Gasteiger partial charge in [0.2, 0.25) is 0 Å². The summed E-state index contributed by atoms with van der Waals surface area (Å²) in [6, 6.07) is 12.3. The molecule has 0 saturated carbocycles. The number of carbonyl (C=O) groups is 1. The Balaban J connectivity index is 1.23. The number of nitrogens with zero attached hydrogens (tertiary/aromatic N) is 3. The van der Waals surface area contributed by atoms with Crippen LogP contribution < -0.4 is 5.32 Å². The predicted octanol–water partition coefficient (Wildman–Crippen LogP) is 2.79. The summed E-state index contributed by atoms with van der Waals surface area (Å²) in [5.41, 5.74) is 2.07. The molecule has 2 aliphatic rings. The van der Waals surface area contributed by atoms with Gasteiger partial charge < -0.3 is 15.2 Å². The minimum atomic E-state index is -3.79. The summed E-state index contributed by atoms with van der Waals surface area (Å²) in [5.74, 6) is 0.365. The van der Waals surface area contributed by atoms with Crippen LogP contribution in [0.25, 0.3) is 10.9 Å². The van der Waals surface area contributed by atoms with Gasteiger partial charge >= 0.3 is 0 Å². The molecule has 1 aromatic heterocycles. The molecule has 0 bridgehead atoms. The number of anilines is 1. The number of hydrogen-bond donors (Lipinski definition) is 2. The normalized spacial score (nSPS) is 18.4. The fraction of sp³-hybridized carbons (Fsp3) is 0.238. The van der Waals surface area contributed by atoms with E-state index in [0.717, 1.165) is 10.9 Å². The Morgan fingerprint density at radius 3 is 2.68 bits per heavy atom. The van der Waals surface area contributed by atoms with Crippen molar-refractivity contribution in [3.8, 4) is 0 Å². The topological polar surface area (TPSA) is 97.9 Å². The Bertz CT molecular complexity index is 1310. The first-order valence-corrected chi connectivity index (χ1v) is 11.7. The first-order chi connectivity index (χ1) is 14.9. The lowest BCUT2D eigenvalue weighted by molar-refractivity contribution is 0.0654. The van der Waals surface area contributed by atoms with E-state index in [4.69, 9.17) is 11.6 Å². The van der Waals surface area contributed by atoms with E-state index in [1.54, 1.807) is 12.1 Å². The number of piperazine rings is 1. The Labute approximate surface area is 184 Å². The molecular formula is C21H20ClN5O3S. The van der Waals surface area contributed by atoms with Crippen LogP contribution in [0.1, 0.15) is 10.4 Å². The van der Waals surface area contributed by atoms with E-state index in [0.29, 0.717) is 54.8 Å². The monoisotopic (exact) mass is 457 g/mol. The maximum Gasteiger partial charge on any atom is 0.286 e. The van der Waals surface area contributed by atoms with Crippen molar-refractivity contribution in [2.45, 2.75) is 4.90 Å². The van der Waals surface area contributed by atoms with Crippen LogP contribution in [0.15, 0.2) is 58.0 Å². The standard InChI is InChI=1S/C21H20ClN5O3S/c22-16-3-4-17-19(12-16)31(29,30)25-20(24-17)13-26-7-9-27(10-8-26)21(28)15-2-1-14-5-6-23-18(14)11-15/h1-6,11-12,23H,7-10,13H2,(H,24,25). The van der Waals surface area contributed by atoms with Gasteiger partial charge in [0, 0.05) is 48.5 Å². The van der Waals surface area contributed by atoms with E-state index in [2.05, 4.69) is 19.6 Å². The highest BCUT2D eigenvalue weighted by Gasteiger charge is 2.28. The molecular weight excluding hydrogens is 438 g/mol. The molecule has 1 saturated heterocycles. The summed E-state index contributed by atoms with van der Waals surface area (Å²) in [4.78, 5) is 20.0.